The van der Waals surface area contributed by atoms with E-state index in [0.717, 1.165) is 23.1 Å². The van der Waals surface area contributed by atoms with E-state index in [1.54, 1.807) is 0 Å². The van der Waals surface area contributed by atoms with Crippen molar-refractivity contribution in [3.63, 3.8) is 0 Å². The minimum atomic E-state index is 0.0741. The minimum Gasteiger partial charge on any atom is -0.368 e. The van der Waals surface area contributed by atoms with E-state index >= 15 is 0 Å². The quantitative estimate of drug-likeness (QED) is 0.863. The first-order valence-corrected chi connectivity index (χ1v) is 7.74. The van der Waals surface area contributed by atoms with Crippen molar-refractivity contribution < 1.29 is 0 Å². The van der Waals surface area contributed by atoms with Crippen molar-refractivity contribution in [1.29, 1.82) is 0 Å². The maximum Gasteiger partial charge on any atom is 0.136 e. The first-order valence-electron chi connectivity index (χ1n) is 7.74. The van der Waals surface area contributed by atoms with Gasteiger partial charge in [-0.3, -0.25) is 0 Å². The van der Waals surface area contributed by atoms with E-state index in [-0.39, 0.29) is 5.41 Å². The molecule has 1 aromatic carbocycles. The first-order chi connectivity index (χ1) is 10.3. The van der Waals surface area contributed by atoms with Gasteiger partial charge in [-0.05, 0) is 37.8 Å². The number of rotatable bonds is 4. The standard InChI is InChI=1S/C18H26N4/c1-12(2)19-16-11-17(21-13(3)20-16)22-15-10-8-7-9-14(15)18(4,5)6/h7-12H,1-6H3,(H2,19,20,21,22). The van der Waals surface area contributed by atoms with Crippen LogP contribution in [0.3, 0.4) is 0 Å². The van der Waals surface area contributed by atoms with Gasteiger partial charge < -0.3 is 10.6 Å². The molecule has 0 spiro atoms. The Morgan fingerprint density at radius 1 is 1.00 bits per heavy atom. The van der Waals surface area contributed by atoms with E-state index in [2.05, 4.69) is 73.4 Å². The summed E-state index contributed by atoms with van der Waals surface area (Å²) in [4.78, 5) is 8.92. The van der Waals surface area contributed by atoms with Crippen LogP contribution in [-0.2, 0) is 5.41 Å². The fraction of sp³-hybridized carbons (Fsp3) is 0.444. The number of aryl methyl sites for hydroxylation is 1. The Labute approximate surface area is 133 Å². The van der Waals surface area contributed by atoms with Gasteiger partial charge in [-0.15, -0.1) is 0 Å². The highest BCUT2D eigenvalue weighted by Gasteiger charge is 2.17. The molecule has 0 aliphatic carbocycles. The number of aromatic nitrogens is 2. The van der Waals surface area contributed by atoms with Crippen LogP contribution in [0.5, 0.6) is 0 Å². The second-order valence-electron chi connectivity index (χ2n) is 6.91. The SMILES string of the molecule is Cc1nc(Nc2ccccc2C(C)(C)C)cc(NC(C)C)n1. The molecule has 22 heavy (non-hydrogen) atoms. The molecule has 2 aromatic rings. The Morgan fingerprint density at radius 2 is 1.64 bits per heavy atom. The van der Waals surface area contributed by atoms with Gasteiger partial charge in [0, 0.05) is 17.8 Å². The second kappa shape index (κ2) is 6.34. The van der Waals surface area contributed by atoms with E-state index in [9.17, 15) is 0 Å². The number of anilines is 3. The van der Waals surface area contributed by atoms with Crippen molar-refractivity contribution in [2.75, 3.05) is 10.6 Å². The molecule has 0 atom stereocenters. The summed E-state index contributed by atoms with van der Waals surface area (Å²) in [6, 6.07) is 10.6. The zero-order valence-corrected chi connectivity index (χ0v) is 14.4. The molecule has 0 unspecified atom stereocenters. The third-order valence-corrected chi connectivity index (χ3v) is 3.27. The molecule has 0 aliphatic heterocycles. The lowest BCUT2D eigenvalue weighted by molar-refractivity contribution is 0.592. The molecule has 0 amide bonds. The number of hydrogen-bond donors (Lipinski definition) is 2. The van der Waals surface area contributed by atoms with Gasteiger partial charge in [-0.1, -0.05) is 39.0 Å². The molecule has 2 rings (SSSR count). The average Bonchev–Trinajstić information content (AvgIpc) is 2.36. The fourth-order valence-corrected chi connectivity index (χ4v) is 2.39. The van der Waals surface area contributed by atoms with Crippen molar-refractivity contribution in [3.05, 3.63) is 41.7 Å². The molecule has 1 aromatic heterocycles. The lowest BCUT2D eigenvalue weighted by Gasteiger charge is -2.23. The van der Waals surface area contributed by atoms with Crippen LogP contribution in [0, 0.1) is 6.92 Å². The number of hydrogen-bond acceptors (Lipinski definition) is 4. The Hall–Kier alpha value is -2.10. The van der Waals surface area contributed by atoms with Crippen LogP contribution in [0.25, 0.3) is 0 Å². The monoisotopic (exact) mass is 298 g/mol. The van der Waals surface area contributed by atoms with E-state index in [4.69, 9.17) is 0 Å². The van der Waals surface area contributed by atoms with Gasteiger partial charge in [0.2, 0.25) is 0 Å². The molecular formula is C18H26N4. The Morgan fingerprint density at radius 3 is 2.27 bits per heavy atom. The summed E-state index contributed by atoms with van der Waals surface area (Å²) in [5.41, 5.74) is 2.43. The fourth-order valence-electron chi connectivity index (χ4n) is 2.39. The number of nitrogens with one attached hydrogen (secondary N) is 2. The average molecular weight is 298 g/mol. The van der Waals surface area contributed by atoms with Crippen LogP contribution >= 0.6 is 0 Å². The highest BCUT2D eigenvalue weighted by molar-refractivity contribution is 5.64. The maximum atomic E-state index is 4.50. The molecule has 4 nitrogen and oxygen atoms in total. The van der Waals surface area contributed by atoms with Gasteiger partial charge in [-0.25, -0.2) is 9.97 Å². The predicted molar refractivity (Wildman–Crippen MR) is 94.0 cm³/mol. The van der Waals surface area contributed by atoms with Crippen LogP contribution in [0.2, 0.25) is 0 Å². The molecule has 0 fully saturated rings. The van der Waals surface area contributed by atoms with Gasteiger partial charge in [0.05, 0.1) is 0 Å². The van der Waals surface area contributed by atoms with Gasteiger partial charge in [0.25, 0.3) is 0 Å². The molecular weight excluding hydrogens is 272 g/mol. The van der Waals surface area contributed by atoms with Gasteiger partial charge >= 0.3 is 0 Å². The van der Waals surface area contributed by atoms with Crippen LogP contribution < -0.4 is 10.6 Å². The molecule has 118 valence electrons. The summed E-state index contributed by atoms with van der Waals surface area (Å²) in [6.45, 7) is 12.7. The van der Waals surface area contributed by atoms with Crippen molar-refractivity contribution in [2.45, 2.75) is 53.0 Å². The third kappa shape index (κ3) is 4.20. The van der Waals surface area contributed by atoms with E-state index in [1.807, 2.05) is 19.1 Å². The van der Waals surface area contributed by atoms with Crippen molar-refractivity contribution >= 4 is 17.3 Å². The summed E-state index contributed by atoms with van der Waals surface area (Å²) in [6.07, 6.45) is 0. The van der Waals surface area contributed by atoms with Gasteiger partial charge in [0.1, 0.15) is 17.5 Å². The lowest BCUT2D eigenvalue weighted by Crippen LogP contribution is -2.15. The molecule has 4 heteroatoms. The van der Waals surface area contributed by atoms with E-state index < -0.39 is 0 Å². The van der Waals surface area contributed by atoms with Crippen molar-refractivity contribution in [1.82, 2.24) is 9.97 Å². The minimum absolute atomic E-state index is 0.0741. The molecule has 2 N–H and O–H groups in total. The highest BCUT2D eigenvalue weighted by Crippen LogP contribution is 2.31. The van der Waals surface area contributed by atoms with Crippen molar-refractivity contribution in [3.8, 4) is 0 Å². The van der Waals surface area contributed by atoms with Gasteiger partial charge in [-0.2, -0.15) is 0 Å². The zero-order valence-electron chi connectivity index (χ0n) is 14.4. The number of benzene rings is 1. The summed E-state index contributed by atoms with van der Waals surface area (Å²) in [5, 5.41) is 6.77. The maximum absolute atomic E-state index is 4.50. The van der Waals surface area contributed by atoms with Crippen LogP contribution in [-0.4, -0.2) is 16.0 Å². The smallest absolute Gasteiger partial charge is 0.136 e. The molecule has 0 radical (unpaired) electrons. The Balaban J connectivity index is 2.34. The second-order valence-corrected chi connectivity index (χ2v) is 6.91. The summed E-state index contributed by atoms with van der Waals surface area (Å²) < 4.78 is 0. The number of para-hydroxylation sites is 1. The molecule has 0 saturated carbocycles. The molecule has 0 aliphatic rings. The topological polar surface area (TPSA) is 49.8 Å². The third-order valence-electron chi connectivity index (χ3n) is 3.27. The number of nitrogens with zero attached hydrogens (tertiary/aromatic N) is 2. The summed E-state index contributed by atoms with van der Waals surface area (Å²) in [5.74, 6) is 2.41. The van der Waals surface area contributed by atoms with Crippen molar-refractivity contribution in [2.24, 2.45) is 0 Å². The Bertz CT molecular complexity index is 642. The largest absolute Gasteiger partial charge is 0.368 e. The van der Waals surface area contributed by atoms with E-state index in [1.165, 1.54) is 5.56 Å². The lowest BCUT2D eigenvalue weighted by atomic mass is 9.86. The molecule has 0 saturated heterocycles. The Kier molecular flexibility index (Phi) is 4.69. The molecule has 0 bridgehead atoms. The predicted octanol–water partition coefficient (Wildman–Crippen LogP) is 4.65. The van der Waals surface area contributed by atoms with Gasteiger partial charge in [0.15, 0.2) is 0 Å². The summed E-state index contributed by atoms with van der Waals surface area (Å²) >= 11 is 0. The molecule has 1 heterocycles. The van der Waals surface area contributed by atoms with Crippen LogP contribution in [0.4, 0.5) is 17.3 Å². The first kappa shape index (κ1) is 16.3. The highest BCUT2D eigenvalue weighted by atomic mass is 15.1. The zero-order chi connectivity index (χ0) is 16.3. The van der Waals surface area contributed by atoms with Crippen LogP contribution in [0.15, 0.2) is 30.3 Å². The van der Waals surface area contributed by atoms with E-state index in [0.29, 0.717) is 6.04 Å². The normalized spacial score (nSPS) is 11.6. The van der Waals surface area contributed by atoms with Crippen LogP contribution in [0.1, 0.15) is 46.0 Å². The summed E-state index contributed by atoms with van der Waals surface area (Å²) in [7, 11) is 0.